The van der Waals surface area contributed by atoms with Crippen molar-refractivity contribution in [3.8, 4) is 0 Å². The summed E-state index contributed by atoms with van der Waals surface area (Å²) in [6.45, 7) is 0. The molecule has 1 atom stereocenters. The molecule has 2 aromatic heterocycles. The summed E-state index contributed by atoms with van der Waals surface area (Å²) in [6, 6.07) is 0. The summed E-state index contributed by atoms with van der Waals surface area (Å²) in [5.41, 5.74) is 1.57. The number of carbonyl (C=O) groups excluding carboxylic acids is 1. The Morgan fingerprint density at radius 2 is 2.33 bits per heavy atom. The number of carbonyl (C=O) groups is 1. The Morgan fingerprint density at radius 3 is 3.20 bits per heavy atom. The van der Waals surface area contributed by atoms with Gasteiger partial charge in [-0.15, -0.1) is 0 Å². The number of aromatic nitrogens is 4. The number of aryl methyl sites for hydroxylation is 1. The van der Waals surface area contributed by atoms with Crippen molar-refractivity contribution in [2.75, 3.05) is 0 Å². The first-order chi connectivity index (χ1) is 7.27. The summed E-state index contributed by atoms with van der Waals surface area (Å²) < 4.78 is 1.64. The van der Waals surface area contributed by atoms with Crippen molar-refractivity contribution < 1.29 is 4.79 Å². The molecule has 0 saturated heterocycles. The van der Waals surface area contributed by atoms with E-state index in [1.807, 2.05) is 0 Å². The molecule has 0 bridgehead atoms. The second-order valence-electron chi connectivity index (χ2n) is 3.46. The van der Waals surface area contributed by atoms with Crippen LogP contribution < -0.4 is 0 Å². The van der Waals surface area contributed by atoms with E-state index < -0.39 is 0 Å². The van der Waals surface area contributed by atoms with Gasteiger partial charge in [-0.1, -0.05) is 15.9 Å². The molecule has 1 unspecified atom stereocenters. The number of hydrogen-bond donors (Lipinski definition) is 0. The highest BCUT2D eigenvalue weighted by atomic mass is 79.9. The lowest BCUT2D eigenvalue weighted by Gasteiger charge is -2.18. The Bertz CT molecular complexity index is 550. The van der Waals surface area contributed by atoms with Crippen molar-refractivity contribution in [3.63, 3.8) is 0 Å². The first kappa shape index (κ1) is 8.96. The lowest BCUT2D eigenvalue weighted by molar-refractivity contribution is 0.0979. The molecule has 1 aliphatic carbocycles. The van der Waals surface area contributed by atoms with Gasteiger partial charge in [-0.3, -0.25) is 4.79 Å². The predicted octanol–water partition coefficient (Wildman–Crippen LogP) is 1.02. The molecule has 0 N–H and O–H groups in total. The SMILES string of the molecule is O=C1c2cnc3ncnn3c2CCC1Br. The van der Waals surface area contributed by atoms with Crippen LogP contribution in [-0.4, -0.2) is 30.2 Å². The maximum atomic E-state index is 11.8. The zero-order valence-corrected chi connectivity index (χ0v) is 9.31. The molecule has 0 amide bonds. The highest BCUT2D eigenvalue weighted by molar-refractivity contribution is 9.10. The molecule has 6 heteroatoms. The van der Waals surface area contributed by atoms with E-state index in [0.717, 1.165) is 18.5 Å². The molecule has 0 fully saturated rings. The molecule has 15 heavy (non-hydrogen) atoms. The van der Waals surface area contributed by atoms with Gasteiger partial charge in [-0.2, -0.15) is 10.1 Å². The quantitative estimate of drug-likeness (QED) is 0.668. The Labute approximate surface area is 93.7 Å². The van der Waals surface area contributed by atoms with E-state index in [-0.39, 0.29) is 10.6 Å². The number of nitrogens with zero attached hydrogens (tertiary/aromatic N) is 4. The van der Waals surface area contributed by atoms with Crippen LogP contribution in [0, 0.1) is 0 Å². The van der Waals surface area contributed by atoms with E-state index in [1.54, 1.807) is 10.7 Å². The van der Waals surface area contributed by atoms with Crippen molar-refractivity contribution in [1.82, 2.24) is 19.6 Å². The van der Waals surface area contributed by atoms with Crippen molar-refractivity contribution in [2.45, 2.75) is 17.7 Å². The largest absolute Gasteiger partial charge is 0.293 e. The van der Waals surface area contributed by atoms with Crippen LogP contribution in [0.1, 0.15) is 22.5 Å². The van der Waals surface area contributed by atoms with Gasteiger partial charge in [0.05, 0.1) is 16.1 Å². The molecule has 0 aromatic carbocycles. The van der Waals surface area contributed by atoms with Crippen molar-refractivity contribution in [2.24, 2.45) is 0 Å². The fourth-order valence-electron chi connectivity index (χ4n) is 1.83. The number of rotatable bonds is 0. The summed E-state index contributed by atoms with van der Waals surface area (Å²) in [6.07, 6.45) is 4.66. The highest BCUT2D eigenvalue weighted by Gasteiger charge is 2.27. The van der Waals surface area contributed by atoms with Crippen molar-refractivity contribution >= 4 is 27.5 Å². The van der Waals surface area contributed by atoms with E-state index in [2.05, 4.69) is 31.0 Å². The van der Waals surface area contributed by atoms with Gasteiger partial charge in [0.2, 0.25) is 0 Å². The third kappa shape index (κ3) is 1.21. The maximum absolute atomic E-state index is 11.8. The minimum atomic E-state index is -0.0900. The predicted molar refractivity (Wildman–Crippen MR) is 56.1 cm³/mol. The van der Waals surface area contributed by atoms with Crippen LogP contribution in [0.4, 0.5) is 0 Å². The first-order valence-corrected chi connectivity index (χ1v) is 5.55. The Morgan fingerprint density at radius 1 is 1.47 bits per heavy atom. The van der Waals surface area contributed by atoms with Crippen LogP contribution in [0.3, 0.4) is 0 Å². The number of ketones is 1. The van der Waals surface area contributed by atoms with E-state index in [0.29, 0.717) is 11.3 Å². The Hall–Kier alpha value is -1.30. The number of fused-ring (bicyclic) bond motifs is 3. The molecule has 0 spiro atoms. The molecule has 3 rings (SSSR count). The zero-order chi connectivity index (χ0) is 10.4. The second-order valence-corrected chi connectivity index (χ2v) is 4.57. The summed E-state index contributed by atoms with van der Waals surface area (Å²) in [5, 5.41) is 4.07. The van der Waals surface area contributed by atoms with Crippen LogP contribution in [0.2, 0.25) is 0 Å². The third-order valence-electron chi connectivity index (χ3n) is 2.59. The number of Topliss-reactive ketones (excluding diaryl/α,β-unsaturated/α-hetero) is 1. The molecule has 0 aliphatic heterocycles. The minimum absolute atomic E-state index is 0.0844. The van der Waals surface area contributed by atoms with Gasteiger partial charge in [0.25, 0.3) is 5.78 Å². The van der Waals surface area contributed by atoms with Gasteiger partial charge in [-0.25, -0.2) is 9.50 Å². The molecule has 2 aromatic rings. The maximum Gasteiger partial charge on any atom is 0.252 e. The van der Waals surface area contributed by atoms with Crippen LogP contribution >= 0.6 is 15.9 Å². The summed E-state index contributed by atoms with van der Waals surface area (Å²) in [4.78, 5) is 19.8. The lowest BCUT2D eigenvalue weighted by atomic mass is 9.96. The summed E-state index contributed by atoms with van der Waals surface area (Å²) in [7, 11) is 0. The molecular weight excluding hydrogens is 260 g/mol. The molecule has 1 aliphatic rings. The van der Waals surface area contributed by atoms with E-state index in [1.165, 1.54) is 6.33 Å². The number of halogens is 1. The van der Waals surface area contributed by atoms with Gasteiger partial charge in [-0.05, 0) is 12.8 Å². The number of hydrogen-bond acceptors (Lipinski definition) is 4. The first-order valence-electron chi connectivity index (χ1n) is 4.63. The molecule has 0 saturated carbocycles. The number of alkyl halides is 1. The normalized spacial score (nSPS) is 20.6. The smallest absolute Gasteiger partial charge is 0.252 e. The van der Waals surface area contributed by atoms with Crippen molar-refractivity contribution in [1.29, 1.82) is 0 Å². The highest BCUT2D eigenvalue weighted by Crippen LogP contribution is 2.24. The fraction of sp³-hybridized carbons (Fsp3) is 0.333. The second kappa shape index (κ2) is 3.10. The lowest BCUT2D eigenvalue weighted by Crippen LogP contribution is -2.25. The van der Waals surface area contributed by atoms with Crippen LogP contribution in [0.25, 0.3) is 5.78 Å². The average Bonchev–Trinajstić information content (AvgIpc) is 2.71. The minimum Gasteiger partial charge on any atom is -0.293 e. The monoisotopic (exact) mass is 266 g/mol. The van der Waals surface area contributed by atoms with E-state index in [4.69, 9.17) is 0 Å². The van der Waals surface area contributed by atoms with E-state index in [9.17, 15) is 4.79 Å². The van der Waals surface area contributed by atoms with E-state index >= 15 is 0 Å². The Kier molecular flexibility index (Phi) is 1.85. The standard InChI is InChI=1S/C9H7BrN4O/c10-6-1-2-7-5(8(6)15)3-11-9-12-4-13-14(7)9/h3-4,6H,1-2H2. The van der Waals surface area contributed by atoms with Gasteiger partial charge < -0.3 is 0 Å². The molecular formula is C9H7BrN4O. The molecule has 76 valence electrons. The molecule has 2 heterocycles. The average molecular weight is 267 g/mol. The third-order valence-corrected chi connectivity index (χ3v) is 3.46. The summed E-state index contributed by atoms with van der Waals surface area (Å²) >= 11 is 3.36. The zero-order valence-electron chi connectivity index (χ0n) is 7.72. The van der Waals surface area contributed by atoms with Crippen molar-refractivity contribution in [3.05, 3.63) is 23.8 Å². The molecule has 0 radical (unpaired) electrons. The van der Waals surface area contributed by atoms with Crippen LogP contribution in [0.15, 0.2) is 12.5 Å². The summed E-state index contributed by atoms with van der Waals surface area (Å²) in [5.74, 6) is 0.635. The van der Waals surface area contributed by atoms with Crippen LogP contribution in [0.5, 0.6) is 0 Å². The van der Waals surface area contributed by atoms with Crippen LogP contribution in [-0.2, 0) is 6.42 Å². The Balaban J connectivity index is 2.31. The fourth-order valence-corrected chi connectivity index (χ4v) is 2.31. The van der Waals surface area contributed by atoms with Gasteiger partial charge >= 0.3 is 0 Å². The van der Waals surface area contributed by atoms with Gasteiger partial charge in [0.1, 0.15) is 6.33 Å². The molecule has 5 nitrogen and oxygen atoms in total. The van der Waals surface area contributed by atoms with Gasteiger partial charge in [0.15, 0.2) is 5.78 Å². The van der Waals surface area contributed by atoms with Gasteiger partial charge in [0, 0.05) is 6.20 Å². The topological polar surface area (TPSA) is 60.2 Å².